The highest BCUT2D eigenvalue weighted by molar-refractivity contribution is 5.48. The fourth-order valence-corrected chi connectivity index (χ4v) is 1.22. The van der Waals surface area contributed by atoms with E-state index in [0.29, 0.717) is 11.6 Å². The Hall–Kier alpha value is -1.85. The van der Waals surface area contributed by atoms with Crippen molar-refractivity contribution in [1.29, 1.82) is 0 Å². The van der Waals surface area contributed by atoms with Crippen LogP contribution in [0.2, 0.25) is 0 Å². The van der Waals surface area contributed by atoms with Crippen LogP contribution in [-0.4, -0.2) is 26.1 Å². The van der Waals surface area contributed by atoms with Crippen molar-refractivity contribution >= 4 is 11.5 Å². The molecule has 6 heteroatoms. The molecule has 0 fully saturated rings. The van der Waals surface area contributed by atoms with Crippen LogP contribution in [0.1, 0.15) is 13.8 Å². The molecule has 0 unspecified atom stereocenters. The second-order valence-electron chi connectivity index (χ2n) is 3.81. The fourth-order valence-electron chi connectivity index (χ4n) is 1.22. The van der Waals surface area contributed by atoms with E-state index in [9.17, 15) is 4.79 Å². The quantitative estimate of drug-likeness (QED) is 0.767. The third kappa shape index (κ3) is 1.98. The number of nitrogens with zero attached hydrogens (tertiary/aromatic N) is 3. The normalized spacial score (nSPS) is 11.1. The summed E-state index contributed by atoms with van der Waals surface area (Å²) in [5.74, 6) is 1.28. The first-order chi connectivity index (χ1) is 7.16. The monoisotopic (exact) mass is 207 g/mol. The number of hydrogen-bond donors (Lipinski definition) is 2. The molecule has 0 aliphatic heterocycles. The molecule has 0 spiro atoms. The highest BCUT2D eigenvalue weighted by Gasteiger charge is 2.02. The van der Waals surface area contributed by atoms with E-state index in [1.54, 1.807) is 6.07 Å². The molecule has 80 valence electrons. The van der Waals surface area contributed by atoms with Crippen LogP contribution in [0.4, 0.5) is 5.82 Å². The summed E-state index contributed by atoms with van der Waals surface area (Å²) in [5.41, 5.74) is 0.300. The van der Waals surface area contributed by atoms with Crippen LogP contribution in [0.5, 0.6) is 0 Å². The SMILES string of the molecule is CC(C)CNc1cc2n[nH]c(=O)n2cn1. The molecule has 2 heterocycles. The van der Waals surface area contributed by atoms with E-state index in [2.05, 4.69) is 34.3 Å². The second kappa shape index (κ2) is 3.72. The van der Waals surface area contributed by atoms with Crippen molar-refractivity contribution in [3.05, 3.63) is 22.9 Å². The van der Waals surface area contributed by atoms with Gasteiger partial charge in [0.15, 0.2) is 5.65 Å². The van der Waals surface area contributed by atoms with Crippen LogP contribution in [0.25, 0.3) is 5.65 Å². The number of aromatic nitrogens is 4. The zero-order valence-electron chi connectivity index (χ0n) is 8.69. The van der Waals surface area contributed by atoms with Crippen molar-refractivity contribution in [2.24, 2.45) is 5.92 Å². The lowest BCUT2D eigenvalue weighted by molar-refractivity contribution is 0.686. The molecule has 0 saturated carbocycles. The van der Waals surface area contributed by atoms with Gasteiger partial charge in [-0.3, -0.25) is 0 Å². The number of aromatic amines is 1. The smallest absolute Gasteiger partial charge is 0.348 e. The summed E-state index contributed by atoms with van der Waals surface area (Å²) >= 11 is 0. The molecule has 0 saturated heterocycles. The zero-order valence-corrected chi connectivity index (χ0v) is 8.69. The van der Waals surface area contributed by atoms with Gasteiger partial charge in [-0.25, -0.2) is 19.3 Å². The lowest BCUT2D eigenvalue weighted by Crippen LogP contribution is -2.12. The van der Waals surface area contributed by atoms with Gasteiger partial charge < -0.3 is 5.32 Å². The first-order valence-electron chi connectivity index (χ1n) is 4.83. The molecule has 0 aliphatic rings. The molecule has 2 aromatic heterocycles. The Bertz CT molecular complexity index is 512. The number of anilines is 1. The van der Waals surface area contributed by atoms with Crippen molar-refractivity contribution < 1.29 is 0 Å². The molecule has 0 bridgehead atoms. The van der Waals surface area contributed by atoms with E-state index in [-0.39, 0.29) is 5.69 Å². The fraction of sp³-hybridized carbons (Fsp3) is 0.444. The van der Waals surface area contributed by atoms with Crippen LogP contribution in [-0.2, 0) is 0 Å². The summed E-state index contributed by atoms with van der Waals surface area (Å²) in [6.07, 6.45) is 1.46. The summed E-state index contributed by atoms with van der Waals surface area (Å²) in [6, 6.07) is 1.74. The first kappa shape index (κ1) is 9.70. The minimum absolute atomic E-state index is 0.270. The van der Waals surface area contributed by atoms with Crippen molar-refractivity contribution in [2.45, 2.75) is 13.8 Å². The van der Waals surface area contributed by atoms with E-state index >= 15 is 0 Å². The molecule has 2 rings (SSSR count). The summed E-state index contributed by atoms with van der Waals surface area (Å²) in [4.78, 5) is 15.2. The lowest BCUT2D eigenvalue weighted by atomic mass is 10.2. The van der Waals surface area contributed by atoms with Gasteiger partial charge in [0.1, 0.15) is 12.1 Å². The van der Waals surface area contributed by atoms with Crippen LogP contribution in [0, 0.1) is 5.92 Å². The van der Waals surface area contributed by atoms with Gasteiger partial charge in [0.2, 0.25) is 0 Å². The van der Waals surface area contributed by atoms with Crippen molar-refractivity contribution in [3.63, 3.8) is 0 Å². The van der Waals surface area contributed by atoms with Gasteiger partial charge in [0.25, 0.3) is 0 Å². The van der Waals surface area contributed by atoms with Crippen molar-refractivity contribution in [2.75, 3.05) is 11.9 Å². The standard InChI is InChI=1S/C9H13N5O/c1-6(2)4-10-7-3-8-12-13-9(15)14(8)5-11-7/h3,5-6,10H,4H2,1-2H3,(H,13,15). The third-order valence-electron chi connectivity index (χ3n) is 2.00. The van der Waals surface area contributed by atoms with E-state index < -0.39 is 0 Å². The van der Waals surface area contributed by atoms with E-state index in [0.717, 1.165) is 12.4 Å². The van der Waals surface area contributed by atoms with Gasteiger partial charge >= 0.3 is 5.69 Å². The minimum atomic E-state index is -0.270. The second-order valence-corrected chi connectivity index (χ2v) is 3.81. The highest BCUT2D eigenvalue weighted by atomic mass is 16.1. The molecule has 0 aromatic carbocycles. The van der Waals surface area contributed by atoms with E-state index in [1.807, 2.05) is 0 Å². The molecule has 2 aromatic rings. The van der Waals surface area contributed by atoms with Gasteiger partial charge in [-0.05, 0) is 5.92 Å². The molecule has 15 heavy (non-hydrogen) atoms. The lowest BCUT2D eigenvalue weighted by Gasteiger charge is -2.07. The zero-order chi connectivity index (χ0) is 10.8. The molecule has 0 aliphatic carbocycles. The maximum absolute atomic E-state index is 11.1. The summed E-state index contributed by atoms with van der Waals surface area (Å²) in [5, 5.41) is 9.37. The maximum Gasteiger partial charge on any atom is 0.348 e. The van der Waals surface area contributed by atoms with E-state index in [4.69, 9.17) is 0 Å². The van der Waals surface area contributed by atoms with Crippen LogP contribution >= 0.6 is 0 Å². The Morgan fingerprint density at radius 1 is 1.60 bits per heavy atom. The molecule has 6 nitrogen and oxygen atoms in total. The first-order valence-corrected chi connectivity index (χ1v) is 4.83. The van der Waals surface area contributed by atoms with Crippen molar-refractivity contribution in [1.82, 2.24) is 19.6 Å². The Balaban J connectivity index is 2.27. The molecule has 0 atom stereocenters. The maximum atomic E-state index is 11.1. The van der Waals surface area contributed by atoms with Crippen LogP contribution in [0.15, 0.2) is 17.2 Å². The number of H-pyrrole nitrogens is 1. The van der Waals surface area contributed by atoms with Crippen LogP contribution < -0.4 is 11.0 Å². The van der Waals surface area contributed by atoms with Gasteiger partial charge in [0.05, 0.1) is 0 Å². The number of hydrogen-bond acceptors (Lipinski definition) is 4. The van der Waals surface area contributed by atoms with Crippen LogP contribution in [0.3, 0.4) is 0 Å². The number of rotatable bonds is 3. The topological polar surface area (TPSA) is 75.1 Å². The molecule has 0 radical (unpaired) electrons. The molecular formula is C9H13N5O. The average molecular weight is 207 g/mol. The largest absolute Gasteiger partial charge is 0.370 e. The molecule has 0 amide bonds. The average Bonchev–Trinajstić information content (AvgIpc) is 2.57. The molecular weight excluding hydrogens is 194 g/mol. The minimum Gasteiger partial charge on any atom is -0.370 e. The highest BCUT2D eigenvalue weighted by Crippen LogP contribution is 2.05. The van der Waals surface area contributed by atoms with Gasteiger partial charge in [0, 0.05) is 12.6 Å². The number of fused-ring (bicyclic) bond motifs is 1. The Morgan fingerprint density at radius 2 is 2.40 bits per heavy atom. The summed E-state index contributed by atoms with van der Waals surface area (Å²) < 4.78 is 1.36. The van der Waals surface area contributed by atoms with Gasteiger partial charge in [-0.2, -0.15) is 5.10 Å². The Morgan fingerprint density at radius 3 is 3.13 bits per heavy atom. The van der Waals surface area contributed by atoms with Gasteiger partial charge in [-0.15, -0.1) is 0 Å². The summed E-state index contributed by atoms with van der Waals surface area (Å²) in [6.45, 7) is 5.08. The third-order valence-corrected chi connectivity index (χ3v) is 2.00. The molecule has 2 N–H and O–H groups in total. The Labute approximate surface area is 86.3 Å². The van der Waals surface area contributed by atoms with Crippen molar-refractivity contribution in [3.8, 4) is 0 Å². The predicted molar refractivity (Wildman–Crippen MR) is 56.9 cm³/mol. The number of nitrogens with one attached hydrogen (secondary N) is 2. The Kier molecular flexibility index (Phi) is 2.40. The summed E-state index contributed by atoms with van der Waals surface area (Å²) in [7, 11) is 0. The predicted octanol–water partition coefficient (Wildman–Crippen LogP) is 0.485. The van der Waals surface area contributed by atoms with Gasteiger partial charge in [-0.1, -0.05) is 13.8 Å². The van der Waals surface area contributed by atoms with E-state index in [1.165, 1.54) is 10.7 Å².